The van der Waals surface area contributed by atoms with E-state index in [-0.39, 0.29) is 6.04 Å². The van der Waals surface area contributed by atoms with Crippen molar-refractivity contribution in [2.45, 2.75) is 51.6 Å². The fraction of sp³-hybridized carbons (Fsp3) is 0.611. The lowest BCUT2D eigenvalue weighted by Gasteiger charge is -2.22. The van der Waals surface area contributed by atoms with Gasteiger partial charge in [0.2, 0.25) is 0 Å². The third-order valence-electron chi connectivity index (χ3n) is 4.43. The van der Waals surface area contributed by atoms with Gasteiger partial charge in [0.05, 0.1) is 6.04 Å². The Balaban J connectivity index is 1.66. The second-order valence-electron chi connectivity index (χ2n) is 6.40. The molecule has 0 amide bonds. The normalized spacial score (nSPS) is 20.1. The van der Waals surface area contributed by atoms with Crippen LogP contribution in [0.2, 0.25) is 0 Å². The molecule has 3 rings (SSSR count). The molecule has 1 unspecified atom stereocenters. The largest absolute Gasteiger partial charge is 0.372 e. The Hall–Kier alpha value is -1.71. The molecule has 0 bridgehead atoms. The van der Waals surface area contributed by atoms with Gasteiger partial charge >= 0.3 is 0 Å². The number of nitrogens with zero attached hydrogens (tertiary/aromatic N) is 2. The van der Waals surface area contributed by atoms with Crippen LogP contribution in [-0.4, -0.2) is 31.6 Å². The molecule has 1 aromatic carbocycles. The molecule has 1 saturated carbocycles. The molecule has 0 radical (unpaired) electrons. The number of hydrogen-bond donors (Lipinski definition) is 2. The second kappa shape index (κ2) is 7.03. The maximum Gasteiger partial charge on any atom is 0.191 e. The SMILES string of the molecule is CCN=C(NC1CC1)NC(C)c1cccc(N2CCCC2)c1. The molecule has 1 aliphatic carbocycles. The summed E-state index contributed by atoms with van der Waals surface area (Å²) >= 11 is 0. The Morgan fingerprint density at radius 1 is 1.32 bits per heavy atom. The number of benzene rings is 1. The lowest BCUT2D eigenvalue weighted by Crippen LogP contribution is -2.40. The smallest absolute Gasteiger partial charge is 0.191 e. The molecule has 2 N–H and O–H groups in total. The molecule has 4 nitrogen and oxygen atoms in total. The second-order valence-corrected chi connectivity index (χ2v) is 6.40. The summed E-state index contributed by atoms with van der Waals surface area (Å²) in [5, 5.41) is 7.03. The van der Waals surface area contributed by atoms with E-state index < -0.39 is 0 Å². The number of hydrogen-bond acceptors (Lipinski definition) is 2. The fourth-order valence-corrected chi connectivity index (χ4v) is 2.97. The molecule has 1 atom stereocenters. The first kappa shape index (κ1) is 15.2. The van der Waals surface area contributed by atoms with Crippen LogP contribution in [-0.2, 0) is 0 Å². The minimum absolute atomic E-state index is 0.263. The molecule has 1 saturated heterocycles. The summed E-state index contributed by atoms with van der Waals surface area (Å²) in [6.45, 7) is 7.48. The molecule has 120 valence electrons. The van der Waals surface area contributed by atoms with Crippen molar-refractivity contribution in [3.05, 3.63) is 29.8 Å². The standard InChI is InChI=1S/C18H28N4/c1-3-19-18(21-16-9-10-16)20-14(2)15-7-6-8-17(13-15)22-11-4-5-12-22/h6-8,13-14,16H,3-5,9-12H2,1-2H3,(H2,19,20,21). The third-order valence-corrected chi connectivity index (χ3v) is 4.43. The lowest BCUT2D eigenvalue weighted by atomic mass is 10.1. The zero-order valence-electron chi connectivity index (χ0n) is 13.8. The van der Waals surface area contributed by atoms with Crippen molar-refractivity contribution < 1.29 is 0 Å². The van der Waals surface area contributed by atoms with Gasteiger partial charge in [0, 0.05) is 31.4 Å². The van der Waals surface area contributed by atoms with Gasteiger partial charge in [-0.25, -0.2) is 0 Å². The summed E-state index contributed by atoms with van der Waals surface area (Å²) in [6, 6.07) is 9.82. The highest BCUT2D eigenvalue weighted by Crippen LogP contribution is 2.24. The molecule has 2 fully saturated rings. The quantitative estimate of drug-likeness (QED) is 0.648. The number of guanidine groups is 1. The highest BCUT2D eigenvalue weighted by molar-refractivity contribution is 5.80. The molecular weight excluding hydrogens is 272 g/mol. The number of rotatable bonds is 5. The van der Waals surface area contributed by atoms with E-state index in [1.807, 2.05) is 0 Å². The highest BCUT2D eigenvalue weighted by Gasteiger charge is 2.23. The minimum Gasteiger partial charge on any atom is -0.372 e. The van der Waals surface area contributed by atoms with Crippen molar-refractivity contribution in [2.24, 2.45) is 4.99 Å². The van der Waals surface area contributed by atoms with E-state index >= 15 is 0 Å². The molecule has 1 heterocycles. The van der Waals surface area contributed by atoms with Crippen molar-refractivity contribution in [1.29, 1.82) is 0 Å². The van der Waals surface area contributed by atoms with Gasteiger partial charge in [-0.05, 0) is 57.2 Å². The van der Waals surface area contributed by atoms with E-state index in [0.717, 1.165) is 12.5 Å². The fourth-order valence-electron chi connectivity index (χ4n) is 2.97. The van der Waals surface area contributed by atoms with Gasteiger partial charge < -0.3 is 15.5 Å². The van der Waals surface area contributed by atoms with Crippen molar-refractivity contribution in [3.8, 4) is 0 Å². The van der Waals surface area contributed by atoms with E-state index in [9.17, 15) is 0 Å². The first-order valence-corrected chi connectivity index (χ1v) is 8.68. The predicted molar refractivity (Wildman–Crippen MR) is 93.6 cm³/mol. The van der Waals surface area contributed by atoms with Crippen LogP contribution in [0.3, 0.4) is 0 Å². The van der Waals surface area contributed by atoms with Gasteiger partial charge in [0.1, 0.15) is 0 Å². The Kier molecular flexibility index (Phi) is 4.86. The molecule has 4 heteroatoms. The summed E-state index contributed by atoms with van der Waals surface area (Å²) in [5.74, 6) is 0.948. The highest BCUT2D eigenvalue weighted by atomic mass is 15.2. The molecule has 1 aromatic rings. The van der Waals surface area contributed by atoms with Crippen molar-refractivity contribution in [1.82, 2.24) is 10.6 Å². The Bertz CT molecular complexity index is 516. The van der Waals surface area contributed by atoms with Gasteiger partial charge in [0.25, 0.3) is 0 Å². The first-order valence-electron chi connectivity index (χ1n) is 8.68. The van der Waals surface area contributed by atoms with Crippen LogP contribution in [0.15, 0.2) is 29.3 Å². The number of anilines is 1. The van der Waals surface area contributed by atoms with E-state index in [2.05, 4.69) is 58.6 Å². The lowest BCUT2D eigenvalue weighted by molar-refractivity contribution is 0.681. The summed E-state index contributed by atoms with van der Waals surface area (Å²) in [4.78, 5) is 7.04. The van der Waals surface area contributed by atoms with Crippen LogP contribution < -0.4 is 15.5 Å². The topological polar surface area (TPSA) is 39.7 Å². The van der Waals surface area contributed by atoms with Gasteiger partial charge in [0.15, 0.2) is 5.96 Å². The van der Waals surface area contributed by atoms with Gasteiger partial charge in [-0.15, -0.1) is 0 Å². The first-order chi connectivity index (χ1) is 10.8. The Morgan fingerprint density at radius 2 is 2.09 bits per heavy atom. The van der Waals surface area contributed by atoms with Gasteiger partial charge in [-0.2, -0.15) is 0 Å². The van der Waals surface area contributed by atoms with Crippen LogP contribution in [0, 0.1) is 0 Å². The third kappa shape index (κ3) is 3.93. The zero-order valence-corrected chi connectivity index (χ0v) is 13.8. The molecule has 0 spiro atoms. The van der Waals surface area contributed by atoms with Crippen LogP contribution in [0.4, 0.5) is 5.69 Å². The van der Waals surface area contributed by atoms with E-state index in [4.69, 9.17) is 0 Å². The van der Waals surface area contributed by atoms with E-state index in [1.54, 1.807) is 0 Å². The summed E-state index contributed by atoms with van der Waals surface area (Å²) in [6.07, 6.45) is 5.17. The Labute approximate surface area is 134 Å². The summed E-state index contributed by atoms with van der Waals surface area (Å²) < 4.78 is 0. The minimum atomic E-state index is 0.263. The van der Waals surface area contributed by atoms with Crippen LogP contribution >= 0.6 is 0 Å². The van der Waals surface area contributed by atoms with E-state index in [0.29, 0.717) is 6.04 Å². The maximum absolute atomic E-state index is 4.55. The monoisotopic (exact) mass is 300 g/mol. The average molecular weight is 300 g/mol. The summed E-state index contributed by atoms with van der Waals surface area (Å²) in [7, 11) is 0. The number of aliphatic imine (C=N–C) groups is 1. The molecule has 0 aromatic heterocycles. The van der Waals surface area contributed by atoms with E-state index in [1.165, 1.54) is 50.0 Å². The van der Waals surface area contributed by atoms with Crippen molar-refractivity contribution in [3.63, 3.8) is 0 Å². The predicted octanol–water partition coefficient (Wildman–Crippen LogP) is 3.07. The van der Waals surface area contributed by atoms with Gasteiger partial charge in [-0.1, -0.05) is 12.1 Å². The van der Waals surface area contributed by atoms with Crippen LogP contribution in [0.1, 0.15) is 51.1 Å². The average Bonchev–Trinajstić information content (AvgIpc) is 3.17. The molecule has 2 aliphatic rings. The summed E-state index contributed by atoms with van der Waals surface area (Å²) in [5.41, 5.74) is 2.68. The molecule has 22 heavy (non-hydrogen) atoms. The van der Waals surface area contributed by atoms with Crippen molar-refractivity contribution in [2.75, 3.05) is 24.5 Å². The van der Waals surface area contributed by atoms with Crippen LogP contribution in [0.25, 0.3) is 0 Å². The van der Waals surface area contributed by atoms with Crippen molar-refractivity contribution >= 4 is 11.6 Å². The number of nitrogens with one attached hydrogen (secondary N) is 2. The maximum atomic E-state index is 4.55. The molecular formula is C18H28N4. The molecule has 1 aliphatic heterocycles. The zero-order chi connectivity index (χ0) is 15.4. The Morgan fingerprint density at radius 3 is 2.77 bits per heavy atom. The van der Waals surface area contributed by atoms with Crippen LogP contribution in [0.5, 0.6) is 0 Å². The van der Waals surface area contributed by atoms with Gasteiger partial charge in [-0.3, -0.25) is 4.99 Å².